The molecule has 0 spiro atoms. The number of allylic oxidation sites excluding steroid dienone is 4. The molecule has 3 aliphatic rings. The summed E-state index contributed by atoms with van der Waals surface area (Å²) in [6.07, 6.45) is 12.5. The van der Waals surface area contributed by atoms with Gasteiger partial charge in [0.15, 0.2) is 5.79 Å². The van der Waals surface area contributed by atoms with Crippen LogP contribution in [0.4, 0.5) is 51.8 Å². The van der Waals surface area contributed by atoms with Gasteiger partial charge in [0.25, 0.3) is 0 Å². The van der Waals surface area contributed by atoms with Crippen LogP contribution in [-0.4, -0.2) is 52.1 Å². The van der Waals surface area contributed by atoms with Crippen molar-refractivity contribution in [3.8, 4) is 0 Å². The summed E-state index contributed by atoms with van der Waals surface area (Å²) in [5, 5.41) is 5.53. The molecule has 1 aliphatic heterocycles. The van der Waals surface area contributed by atoms with Crippen LogP contribution in [0.15, 0.2) is 146 Å². The van der Waals surface area contributed by atoms with Crippen LogP contribution in [0.1, 0.15) is 20.3 Å². The van der Waals surface area contributed by atoms with Crippen molar-refractivity contribution in [2.75, 3.05) is 12.3 Å². The standard InChI is InChI=1S/C31H32O2P2.C7H8.3BF4.Rh/c1-31(2)32-29(23-34(25-15-7-3-8-16-25)26-17-9-4-10-18-26)30(33-31)24-35(27-19-11-5-12-20-27)28-21-13-6-14-22-28;1-2-7-4-3-6(1)5-7;3*2-1(3,4)5;/h3-22,29-30H,23-24H2,1-2H3;1-4,6-7H,5H2;;;;/q;;3*-1;+3. The van der Waals surface area contributed by atoms with Crippen molar-refractivity contribution in [2.45, 2.75) is 38.3 Å². The Morgan fingerprint density at radius 2 is 0.655 bits per heavy atom. The van der Waals surface area contributed by atoms with Gasteiger partial charge in [0, 0.05) is 12.3 Å². The molecule has 0 N–H and O–H groups in total. The van der Waals surface area contributed by atoms with Gasteiger partial charge in [-0.05, 0) is 69.2 Å². The summed E-state index contributed by atoms with van der Waals surface area (Å²) in [5.41, 5.74) is 0. The molecular weight excluding hydrogens is 914 g/mol. The molecule has 20 heteroatoms. The first-order valence-corrected chi connectivity index (χ1v) is 20.7. The molecule has 2 aliphatic carbocycles. The molecule has 2 unspecified atom stereocenters. The summed E-state index contributed by atoms with van der Waals surface area (Å²) in [6.45, 7) is 4.11. The quantitative estimate of drug-likeness (QED) is 0.0758. The molecule has 0 aromatic heterocycles. The zero-order valence-corrected chi connectivity index (χ0v) is 34.5. The van der Waals surface area contributed by atoms with E-state index in [1.165, 1.54) is 27.6 Å². The minimum absolute atomic E-state index is 0. The van der Waals surface area contributed by atoms with Crippen LogP contribution in [0.2, 0.25) is 0 Å². The van der Waals surface area contributed by atoms with Crippen LogP contribution in [0, 0.1) is 11.8 Å². The monoisotopic (exact) mass is 954 g/mol. The molecule has 4 aromatic carbocycles. The van der Waals surface area contributed by atoms with Gasteiger partial charge in [-0.15, -0.1) is 0 Å². The molecular formula is C38H40B3F12O2P2Rh. The van der Waals surface area contributed by atoms with Crippen LogP contribution >= 0.6 is 15.8 Å². The van der Waals surface area contributed by atoms with Gasteiger partial charge in [-0.25, -0.2) is 0 Å². The average Bonchev–Trinajstić information content (AvgIpc) is 3.85. The van der Waals surface area contributed by atoms with Crippen molar-refractivity contribution in [3.05, 3.63) is 146 Å². The number of ether oxygens (including phenoxy) is 2. The maximum atomic E-state index is 9.75. The maximum absolute atomic E-state index is 9.75. The van der Waals surface area contributed by atoms with Crippen molar-refractivity contribution in [1.82, 2.24) is 0 Å². The molecule has 2 bridgehead atoms. The fourth-order valence-electron chi connectivity index (χ4n) is 6.06. The third-order valence-electron chi connectivity index (χ3n) is 8.04. The Morgan fingerprint density at radius 1 is 0.448 bits per heavy atom. The van der Waals surface area contributed by atoms with E-state index in [1.54, 1.807) is 0 Å². The first kappa shape index (κ1) is 51.3. The molecule has 1 heterocycles. The van der Waals surface area contributed by atoms with Gasteiger partial charge >= 0.3 is 41.2 Å². The molecule has 1 saturated heterocycles. The Kier molecular flexibility index (Phi) is 21.0. The van der Waals surface area contributed by atoms with Gasteiger partial charge in [-0.2, -0.15) is 0 Å². The van der Waals surface area contributed by atoms with Crippen molar-refractivity contribution < 1.29 is 80.7 Å². The van der Waals surface area contributed by atoms with E-state index in [0.29, 0.717) is 0 Å². The Hall–Kier alpha value is -2.88. The third-order valence-corrected chi connectivity index (χ3v) is 13.2. The second-order valence-corrected chi connectivity index (χ2v) is 17.6. The Morgan fingerprint density at radius 3 is 0.828 bits per heavy atom. The summed E-state index contributed by atoms with van der Waals surface area (Å²) in [7, 11) is -19.1. The smallest absolute Gasteiger partial charge is 0.418 e. The fourth-order valence-corrected chi connectivity index (χ4v) is 11.0. The van der Waals surface area contributed by atoms with Crippen LogP contribution in [0.5, 0.6) is 0 Å². The fraction of sp³-hybridized carbons (Fsp3) is 0.263. The molecule has 0 radical (unpaired) electrons. The SMILES string of the molecule is C1=CC2C=CC1C2.CC1(C)OC(CP(c2ccccc2)c2ccccc2)C(CP(c2ccccc2)c2ccccc2)O1.F[B-](F)(F)F.F[B-](F)(F)F.F[B-](F)(F)F.[Rh+3]. The number of halogens is 12. The second-order valence-electron chi connectivity index (χ2n) is 13.1. The number of fused-ring (bicyclic) bond motifs is 2. The zero-order chi connectivity index (χ0) is 42.3. The number of rotatable bonds is 8. The van der Waals surface area contributed by atoms with E-state index in [4.69, 9.17) is 9.47 Å². The molecule has 0 saturated carbocycles. The van der Waals surface area contributed by atoms with E-state index in [1.807, 2.05) is 0 Å². The van der Waals surface area contributed by atoms with Crippen molar-refractivity contribution >= 4 is 58.8 Å². The maximum Gasteiger partial charge on any atom is 3.00 e. The Labute approximate surface area is 346 Å². The third kappa shape index (κ3) is 21.9. The molecule has 4 aromatic rings. The summed E-state index contributed by atoms with van der Waals surface area (Å²) in [5.74, 6) is 1.04. The summed E-state index contributed by atoms with van der Waals surface area (Å²) >= 11 is 0. The number of hydrogen-bond acceptors (Lipinski definition) is 2. The number of benzene rings is 4. The first-order valence-electron chi connectivity index (χ1n) is 17.6. The van der Waals surface area contributed by atoms with Gasteiger partial charge in [-0.1, -0.05) is 146 Å². The van der Waals surface area contributed by atoms with Crippen LogP contribution in [0.25, 0.3) is 0 Å². The van der Waals surface area contributed by atoms with E-state index >= 15 is 0 Å². The largest absolute Gasteiger partial charge is 3.00 e. The van der Waals surface area contributed by atoms with E-state index in [9.17, 15) is 51.8 Å². The van der Waals surface area contributed by atoms with Crippen LogP contribution in [-0.2, 0) is 29.0 Å². The van der Waals surface area contributed by atoms with Gasteiger partial charge in [0.2, 0.25) is 0 Å². The second kappa shape index (κ2) is 23.8. The van der Waals surface area contributed by atoms with E-state index in [0.717, 1.165) is 24.2 Å². The van der Waals surface area contributed by atoms with Crippen molar-refractivity contribution in [3.63, 3.8) is 0 Å². The molecule has 1 fully saturated rings. The van der Waals surface area contributed by atoms with E-state index < -0.39 is 43.4 Å². The summed E-state index contributed by atoms with van der Waals surface area (Å²) in [4.78, 5) is 0. The van der Waals surface area contributed by atoms with Gasteiger partial charge in [-0.3, -0.25) is 0 Å². The predicted octanol–water partition coefficient (Wildman–Crippen LogP) is 11.4. The molecule has 7 rings (SSSR count). The molecule has 2 nitrogen and oxygen atoms in total. The van der Waals surface area contributed by atoms with Crippen LogP contribution in [0.3, 0.4) is 0 Å². The average molecular weight is 954 g/mol. The topological polar surface area (TPSA) is 18.5 Å². The minimum Gasteiger partial charge on any atom is -0.418 e. The predicted molar refractivity (Wildman–Crippen MR) is 212 cm³/mol. The van der Waals surface area contributed by atoms with Crippen LogP contribution < -0.4 is 21.2 Å². The zero-order valence-electron chi connectivity index (χ0n) is 31.1. The summed E-state index contributed by atoms with van der Waals surface area (Å²) < 4.78 is 130. The van der Waals surface area contributed by atoms with Gasteiger partial charge in [0.1, 0.15) is 0 Å². The van der Waals surface area contributed by atoms with E-state index in [-0.39, 0.29) is 31.7 Å². The Bertz CT molecular complexity index is 1540. The van der Waals surface area contributed by atoms with Gasteiger partial charge < -0.3 is 61.3 Å². The number of hydrogen-bond donors (Lipinski definition) is 0. The molecule has 58 heavy (non-hydrogen) atoms. The Balaban J connectivity index is 0.000000409. The van der Waals surface area contributed by atoms with Crippen molar-refractivity contribution in [2.24, 2.45) is 11.8 Å². The molecule has 316 valence electrons. The van der Waals surface area contributed by atoms with E-state index in [2.05, 4.69) is 159 Å². The minimum atomic E-state index is -6.00. The molecule has 2 atom stereocenters. The normalized spacial score (nSPS) is 20.0. The van der Waals surface area contributed by atoms with Gasteiger partial charge in [0.05, 0.1) is 12.2 Å². The van der Waals surface area contributed by atoms with Crippen molar-refractivity contribution in [1.29, 1.82) is 0 Å². The first-order chi connectivity index (χ1) is 26.5. The summed E-state index contributed by atoms with van der Waals surface area (Å²) in [6, 6.07) is 43.6. The molecule has 0 amide bonds.